The highest BCUT2D eigenvalue weighted by molar-refractivity contribution is 8.14. The third kappa shape index (κ3) is 2.27. The van der Waals surface area contributed by atoms with Crippen LogP contribution in [-0.4, -0.2) is 16.5 Å². The summed E-state index contributed by atoms with van der Waals surface area (Å²) < 4.78 is 1.33. The molecule has 1 aromatic carbocycles. The fraction of sp³-hybridized carbons (Fsp3) is 0.357. The molecule has 0 amide bonds. The largest absolute Gasteiger partial charge is 0.335 e. The summed E-state index contributed by atoms with van der Waals surface area (Å²) in [5, 5.41) is 7.91. The Morgan fingerprint density at radius 3 is 3.06 bits per heavy atom. The van der Waals surface area contributed by atoms with Gasteiger partial charge in [-0.1, -0.05) is 18.7 Å². The summed E-state index contributed by atoms with van der Waals surface area (Å²) in [6, 6.07) is 8.65. The fourth-order valence-electron chi connectivity index (χ4n) is 1.95. The van der Waals surface area contributed by atoms with Gasteiger partial charge in [0.25, 0.3) is 0 Å². The lowest BCUT2D eigenvalue weighted by molar-refractivity contribution is 0.523. The van der Waals surface area contributed by atoms with Crippen molar-refractivity contribution >= 4 is 44.0 Å². The minimum atomic E-state index is 0.111. The quantitative estimate of drug-likeness (QED) is 0.868. The summed E-state index contributed by atoms with van der Waals surface area (Å²) >= 11 is 3.60. The SMILES string of the molecule is CCC1(C)CSC(Nc2ccc3sccc3c2)=N1. The molecular weight excluding hydrogens is 260 g/mol. The van der Waals surface area contributed by atoms with E-state index in [9.17, 15) is 0 Å². The topological polar surface area (TPSA) is 24.4 Å². The number of rotatable bonds is 2. The van der Waals surface area contributed by atoms with E-state index in [2.05, 4.69) is 48.8 Å². The van der Waals surface area contributed by atoms with E-state index in [0.717, 1.165) is 23.0 Å². The molecule has 2 nitrogen and oxygen atoms in total. The lowest BCUT2D eigenvalue weighted by atomic mass is 10.0. The van der Waals surface area contributed by atoms with Crippen molar-refractivity contribution in [3.05, 3.63) is 29.6 Å². The van der Waals surface area contributed by atoms with Crippen molar-refractivity contribution in [2.24, 2.45) is 4.99 Å². The number of thioether (sulfide) groups is 1. The Bertz CT molecular complexity index is 603. The van der Waals surface area contributed by atoms with Crippen molar-refractivity contribution in [3.63, 3.8) is 0 Å². The highest BCUT2D eigenvalue weighted by atomic mass is 32.2. The van der Waals surface area contributed by atoms with E-state index in [0.29, 0.717) is 0 Å². The Labute approximate surface area is 116 Å². The molecular formula is C14H16N2S2. The molecule has 0 spiro atoms. The first-order valence-corrected chi connectivity index (χ1v) is 8.02. The Morgan fingerprint density at radius 1 is 1.39 bits per heavy atom. The molecule has 1 unspecified atom stereocenters. The van der Waals surface area contributed by atoms with E-state index in [1.165, 1.54) is 10.1 Å². The van der Waals surface area contributed by atoms with Gasteiger partial charge in [-0.2, -0.15) is 0 Å². The number of fused-ring (bicyclic) bond motifs is 1. The summed E-state index contributed by atoms with van der Waals surface area (Å²) in [5.74, 6) is 1.08. The van der Waals surface area contributed by atoms with E-state index in [1.54, 1.807) is 11.3 Å². The molecule has 0 aliphatic carbocycles. The molecule has 3 rings (SSSR count). The molecule has 1 N–H and O–H groups in total. The van der Waals surface area contributed by atoms with E-state index in [4.69, 9.17) is 4.99 Å². The van der Waals surface area contributed by atoms with Crippen LogP contribution in [0.15, 0.2) is 34.6 Å². The number of hydrogen-bond donors (Lipinski definition) is 1. The first-order valence-electron chi connectivity index (χ1n) is 6.15. The van der Waals surface area contributed by atoms with Gasteiger partial charge in [0, 0.05) is 16.1 Å². The lowest BCUT2D eigenvalue weighted by Gasteiger charge is -2.15. The van der Waals surface area contributed by atoms with Crippen molar-refractivity contribution < 1.29 is 0 Å². The van der Waals surface area contributed by atoms with Crippen LogP contribution in [0.4, 0.5) is 5.69 Å². The van der Waals surface area contributed by atoms with Crippen LogP contribution in [0.3, 0.4) is 0 Å². The molecule has 2 heterocycles. The van der Waals surface area contributed by atoms with E-state index >= 15 is 0 Å². The van der Waals surface area contributed by atoms with E-state index < -0.39 is 0 Å². The second-order valence-electron chi connectivity index (χ2n) is 4.85. The molecule has 4 heteroatoms. The first kappa shape index (κ1) is 12.1. The summed E-state index contributed by atoms with van der Waals surface area (Å²) in [4.78, 5) is 4.77. The number of nitrogens with zero attached hydrogens (tertiary/aromatic N) is 1. The highest BCUT2D eigenvalue weighted by Gasteiger charge is 2.28. The van der Waals surface area contributed by atoms with Crippen LogP contribution in [0, 0.1) is 0 Å². The van der Waals surface area contributed by atoms with Gasteiger partial charge in [0.1, 0.15) is 0 Å². The van der Waals surface area contributed by atoms with Gasteiger partial charge in [-0.15, -0.1) is 11.3 Å². The average molecular weight is 276 g/mol. The smallest absolute Gasteiger partial charge is 0.161 e. The van der Waals surface area contributed by atoms with Crippen LogP contribution in [0.5, 0.6) is 0 Å². The number of benzene rings is 1. The van der Waals surface area contributed by atoms with E-state index in [-0.39, 0.29) is 5.54 Å². The standard InChI is InChI=1S/C14H16N2S2/c1-3-14(2)9-18-13(16-14)15-11-4-5-12-10(8-11)6-7-17-12/h4-8H,3,9H2,1-2H3,(H,15,16). The molecule has 2 aromatic rings. The number of nitrogens with one attached hydrogen (secondary N) is 1. The Morgan fingerprint density at radius 2 is 2.28 bits per heavy atom. The van der Waals surface area contributed by atoms with Gasteiger partial charge in [0.05, 0.1) is 5.54 Å². The van der Waals surface area contributed by atoms with Crippen LogP contribution in [-0.2, 0) is 0 Å². The zero-order chi connectivity index (χ0) is 12.6. The van der Waals surface area contributed by atoms with Gasteiger partial charge in [-0.25, -0.2) is 0 Å². The Kier molecular flexibility index (Phi) is 3.08. The minimum Gasteiger partial charge on any atom is -0.335 e. The molecule has 1 aliphatic rings. The van der Waals surface area contributed by atoms with E-state index in [1.807, 2.05) is 11.8 Å². The maximum atomic E-state index is 4.77. The van der Waals surface area contributed by atoms with Gasteiger partial charge < -0.3 is 5.32 Å². The molecule has 0 radical (unpaired) electrons. The number of anilines is 1. The summed E-state index contributed by atoms with van der Waals surface area (Å²) in [6.45, 7) is 4.42. The molecule has 0 saturated heterocycles. The highest BCUT2D eigenvalue weighted by Crippen LogP contribution is 2.31. The fourth-order valence-corrected chi connectivity index (χ4v) is 3.91. The third-order valence-corrected chi connectivity index (χ3v) is 5.49. The molecule has 0 saturated carbocycles. The van der Waals surface area contributed by atoms with Gasteiger partial charge in [0.15, 0.2) is 5.17 Å². The maximum absolute atomic E-state index is 4.77. The van der Waals surface area contributed by atoms with Gasteiger partial charge in [-0.3, -0.25) is 4.99 Å². The first-order chi connectivity index (χ1) is 8.68. The second kappa shape index (κ2) is 4.59. The molecule has 1 aliphatic heterocycles. The monoisotopic (exact) mass is 276 g/mol. The van der Waals surface area contributed by atoms with Crippen LogP contribution in [0.2, 0.25) is 0 Å². The average Bonchev–Trinajstić information content (AvgIpc) is 2.96. The predicted molar refractivity (Wildman–Crippen MR) is 84.0 cm³/mol. The number of thiophene rings is 1. The van der Waals surface area contributed by atoms with Crippen molar-refractivity contribution in [2.75, 3.05) is 11.1 Å². The predicted octanol–water partition coefficient (Wildman–Crippen LogP) is 4.58. The zero-order valence-corrected chi connectivity index (χ0v) is 12.2. The number of aliphatic imine (C=N–C) groups is 1. The minimum absolute atomic E-state index is 0.111. The van der Waals surface area contributed by atoms with Crippen LogP contribution >= 0.6 is 23.1 Å². The van der Waals surface area contributed by atoms with Crippen molar-refractivity contribution in [3.8, 4) is 0 Å². The van der Waals surface area contributed by atoms with Gasteiger partial charge >= 0.3 is 0 Å². The second-order valence-corrected chi connectivity index (χ2v) is 6.77. The third-order valence-electron chi connectivity index (χ3n) is 3.36. The Hall–Kier alpha value is -1.00. The number of amidine groups is 1. The Balaban J connectivity index is 1.82. The van der Waals surface area contributed by atoms with Crippen LogP contribution in [0.25, 0.3) is 10.1 Å². The zero-order valence-electron chi connectivity index (χ0n) is 10.6. The molecule has 1 atom stereocenters. The van der Waals surface area contributed by atoms with Gasteiger partial charge in [-0.05, 0) is 48.4 Å². The molecule has 18 heavy (non-hydrogen) atoms. The number of hydrogen-bond acceptors (Lipinski definition) is 4. The van der Waals surface area contributed by atoms with Crippen molar-refractivity contribution in [2.45, 2.75) is 25.8 Å². The maximum Gasteiger partial charge on any atom is 0.161 e. The van der Waals surface area contributed by atoms with Gasteiger partial charge in [0.2, 0.25) is 0 Å². The molecule has 1 aromatic heterocycles. The van der Waals surface area contributed by atoms with Crippen LogP contribution in [0.1, 0.15) is 20.3 Å². The van der Waals surface area contributed by atoms with Crippen molar-refractivity contribution in [1.82, 2.24) is 0 Å². The van der Waals surface area contributed by atoms with Crippen LogP contribution < -0.4 is 5.32 Å². The summed E-state index contributed by atoms with van der Waals surface area (Å²) in [5.41, 5.74) is 1.24. The summed E-state index contributed by atoms with van der Waals surface area (Å²) in [7, 11) is 0. The molecule has 94 valence electrons. The van der Waals surface area contributed by atoms with Crippen molar-refractivity contribution in [1.29, 1.82) is 0 Å². The molecule has 0 bridgehead atoms. The molecule has 0 fully saturated rings. The summed E-state index contributed by atoms with van der Waals surface area (Å²) in [6.07, 6.45) is 1.09. The lowest BCUT2D eigenvalue weighted by Crippen LogP contribution is -2.20. The normalized spacial score (nSPS) is 23.3.